The molecule has 1 heterocycles. The summed E-state index contributed by atoms with van der Waals surface area (Å²) in [7, 11) is 1.78. The van der Waals surface area contributed by atoms with E-state index in [-0.39, 0.29) is 0 Å². The summed E-state index contributed by atoms with van der Waals surface area (Å²) >= 11 is 0. The third kappa shape index (κ3) is 0.521. The molecule has 0 aromatic carbocycles. The van der Waals surface area contributed by atoms with Gasteiger partial charge in [0, 0.05) is 7.05 Å². The lowest BCUT2D eigenvalue weighted by Crippen LogP contribution is -2.25. The summed E-state index contributed by atoms with van der Waals surface area (Å²) in [4.78, 5) is 0. The van der Waals surface area contributed by atoms with E-state index in [4.69, 9.17) is 0 Å². The van der Waals surface area contributed by atoms with Gasteiger partial charge in [0.2, 0.25) is 0 Å². The monoisotopic (exact) mass is 109 g/mol. The summed E-state index contributed by atoms with van der Waals surface area (Å²) in [5.41, 5.74) is 0. The minimum Gasteiger partial charge on any atom is -0.248 e. The van der Waals surface area contributed by atoms with E-state index in [1.807, 2.05) is 0 Å². The molecule has 0 unspecified atom stereocenters. The van der Waals surface area contributed by atoms with Crippen LogP contribution in [0.15, 0.2) is 0 Å². The van der Waals surface area contributed by atoms with Gasteiger partial charge in [-0.3, -0.25) is 0 Å². The van der Waals surface area contributed by atoms with Crippen LogP contribution in [0.1, 0.15) is 0 Å². The molecule has 0 radical (unpaired) electrons. The molecule has 0 N–H and O–H groups in total. The van der Waals surface area contributed by atoms with Crippen LogP contribution in [0.4, 0.5) is 0 Å². The Morgan fingerprint density at radius 2 is 2.12 bits per heavy atom. The van der Waals surface area contributed by atoms with E-state index < -0.39 is 0 Å². The molecule has 0 aliphatic rings. The summed E-state index contributed by atoms with van der Waals surface area (Å²) in [6.45, 7) is 7.24. The Hall–Kier alpha value is -1.12. The van der Waals surface area contributed by atoms with Crippen LogP contribution < -0.4 is 10.7 Å². The zero-order valence-electron chi connectivity index (χ0n) is 4.76. The smallest absolute Gasteiger partial charge is 0.105 e. The third-order valence-corrected chi connectivity index (χ3v) is 1.02. The molecule has 8 heavy (non-hydrogen) atoms. The van der Waals surface area contributed by atoms with Crippen LogP contribution in [-0.4, -0.2) is 15.0 Å². The van der Waals surface area contributed by atoms with Gasteiger partial charge < -0.3 is 0 Å². The summed E-state index contributed by atoms with van der Waals surface area (Å²) in [6.07, 6.45) is 0. The van der Waals surface area contributed by atoms with Crippen LogP contribution in [0.3, 0.4) is 0 Å². The van der Waals surface area contributed by atoms with E-state index in [9.17, 15) is 0 Å². The Morgan fingerprint density at radius 3 is 2.25 bits per heavy atom. The van der Waals surface area contributed by atoms with Gasteiger partial charge in [0.05, 0.1) is 5.35 Å². The van der Waals surface area contributed by atoms with Gasteiger partial charge in [-0.2, -0.15) is 0 Å². The molecule has 3 nitrogen and oxygen atoms in total. The van der Waals surface area contributed by atoms with Crippen LogP contribution in [0.25, 0.3) is 13.2 Å². The molecule has 0 aliphatic carbocycles. The Bertz CT molecular complexity index is 272. The highest BCUT2D eigenvalue weighted by Gasteiger charge is 1.84. The first-order valence-electron chi connectivity index (χ1n) is 2.25. The summed E-state index contributed by atoms with van der Waals surface area (Å²) in [5, 5.41) is 8.73. The van der Waals surface area contributed by atoms with Crippen LogP contribution in [-0.2, 0) is 7.05 Å². The summed E-state index contributed by atoms with van der Waals surface area (Å²) < 4.78 is 1.59. The first-order chi connectivity index (χ1) is 3.72. The average Bonchev–Trinajstić information content (AvgIpc) is 1.98. The highest BCUT2D eigenvalue weighted by atomic mass is 15.4. The van der Waals surface area contributed by atoms with Gasteiger partial charge in [0.15, 0.2) is 0 Å². The molecule has 42 valence electrons. The fourth-order valence-corrected chi connectivity index (χ4v) is 0.420. The first-order valence-corrected chi connectivity index (χ1v) is 2.25. The molecule has 0 amide bonds. The number of nitrogens with zero attached hydrogens (tertiary/aromatic N) is 3. The average molecular weight is 109 g/mol. The molecular formula is C5H7N3. The zero-order chi connectivity index (χ0) is 6.15. The van der Waals surface area contributed by atoms with Gasteiger partial charge in [-0.1, -0.05) is 18.4 Å². The van der Waals surface area contributed by atoms with Gasteiger partial charge >= 0.3 is 0 Å². The van der Waals surface area contributed by atoms with Crippen LogP contribution in [0.5, 0.6) is 0 Å². The fourth-order valence-electron chi connectivity index (χ4n) is 0.420. The van der Waals surface area contributed by atoms with Crippen molar-refractivity contribution in [1.82, 2.24) is 15.0 Å². The van der Waals surface area contributed by atoms with Crippen molar-refractivity contribution in [2.45, 2.75) is 0 Å². The van der Waals surface area contributed by atoms with Crippen molar-refractivity contribution in [1.29, 1.82) is 0 Å². The molecule has 0 fully saturated rings. The third-order valence-electron chi connectivity index (χ3n) is 1.02. The van der Waals surface area contributed by atoms with Crippen molar-refractivity contribution in [3.8, 4) is 0 Å². The standard InChI is InChI=1S/C5H7N3/c1-4-5(2)8(3)7-6-4/h1-2H2,3H3. The molecule has 0 bridgehead atoms. The van der Waals surface area contributed by atoms with Crippen molar-refractivity contribution in [2.24, 2.45) is 7.05 Å². The maximum atomic E-state index is 3.66. The second-order valence-corrected chi connectivity index (χ2v) is 1.61. The van der Waals surface area contributed by atoms with Gasteiger partial charge in [0.1, 0.15) is 5.35 Å². The van der Waals surface area contributed by atoms with Crippen molar-refractivity contribution < 1.29 is 0 Å². The van der Waals surface area contributed by atoms with Gasteiger partial charge in [-0.15, -0.1) is 5.10 Å². The quantitative estimate of drug-likeness (QED) is 0.412. The van der Waals surface area contributed by atoms with Crippen LogP contribution >= 0.6 is 0 Å². The van der Waals surface area contributed by atoms with Crippen molar-refractivity contribution >= 4 is 13.2 Å². The maximum absolute atomic E-state index is 3.66. The first kappa shape index (κ1) is 5.03. The predicted octanol–water partition coefficient (Wildman–Crippen LogP) is -1.36. The summed E-state index contributed by atoms with van der Waals surface area (Å²) in [5.74, 6) is 0. The van der Waals surface area contributed by atoms with E-state index in [1.165, 1.54) is 0 Å². The Kier molecular flexibility index (Phi) is 0.901. The topological polar surface area (TPSA) is 30.7 Å². The number of hydrogen-bond acceptors (Lipinski definition) is 2. The van der Waals surface area contributed by atoms with E-state index >= 15 is 0 Å². The van der Waals surface area contributed by atoms with Gasteiger partial charge in [0.25, 0.3) is 0 Å². The number of aromatic nitrogens is 3. The van der Waals surface area contributed by atoms with Gasteiger partial charge in [-0.25, -0.2) is 4.68 Å². The number of aryl methyl sites for hydroxylation is 1. The van der Waals surface area contributed by atoms with E-state index in [0.717, 1.165) is 5.35 Å². The van der Waals surface area contributed by atoms with Gasteiger partial charge in [-0.05, 0) is 0 Å². The lowest BCUT2D eigenvalue weighted by molar-refractivity contribution is 0.699. The fraction of sp³-hybridized carbons (Fsp3) is 0.200. The second-order valence-electron chi connectivity index (χ2n) is 1.61. The molecular weight excluding hydrogens is 102 g/mol. The SMILES string of the molecule is C=c1nnn(C)c1=C. The summed E-state index contributed by atoms with van der Waals surface area (Å²) in [6, 6.07) is 0. The molecule has 1 rings (SSSR count). The Morgan fingerprint density at radius 1 is 1.50 bits per heavy atom. The highest BCUT2D eigenvalue weighted by molar-refractivity contribution is 5.00. The molecule has 0 spiro atoms. The maximum Gasteiger partial charge on any atom is 0.105 e. The molecule has 1 aromatic rings. The molecule has 0 saturated heterocycles. The van der Waals surface area contributed by atoms with E-state index in [0.29, 0.717) is 5.35 Å². The Balaban J connectivity index is 3.66. The lowest BCUT2D eigenvalue weighted by atomic mass is 10.6. The van der Waals surface area contributed by atoms with Crippen LogP contribution in [0, 0.1) is 0 Å². The van der Waals surface area contributed by atoms with E-state index in [2.05, 4.69) is 23.5 Å². The molecule has 0 aliphatic heterocycles. The van der Waals surface area contributed by atoms with E-state index in [1.54, 1.807) is 11.7 Å². The molecule has 3 heteroatoms. The normalized spacial score (nSPS) is 9.62. The molecule has 1 aromatic heterocycles. The van der Waals surface area contributed by atoms with Crippen molar-refractivity contribution in [3.05, 3.63) is 10.7 Å². The minimum absolute atomic E-state index is 0.646. The molecule has 0 atom stereocenters. The highest BCUT2D eigenvalue weighted by Crippen LogP contribution is 1.46. The molecule has 0 saturated carbocycles. The largest absolute Gasteiger partial charge is 0.248 e. The Labute approximate surface area is 46.9 Å². The van der Waals surface area contributed by atoms with Crippen molar-refractivity contribution in [2.75, 3.05) is 0 Å². The second kappa shape index (κ2) is 1.43. The zero-order valence-corrected chi connectivity index (χ0v) is 4.76. The predicted molar refractivity (Wildman–Crippen MR) is 31.3 cm³/mol. The lowest BCUT2D eigenvalue weighted by Gasteiger charge is -1.78. The number of hydrogen-bond donors (Lipinski definition) is 0. The minimum atomic E-state index is 0.646. The van der Waals surface area contributed by atoms with Crippen LogP contribution in [0.2, 0.25) is 0 Å². The van der Waals surface area contributed by atoms with Crippen molar-refractivity contribution in [3.63, 3.8) is 0 Å². The number of rotatable bonds is 0.